The minimum Gasteiger partial charge on any atom is -0.329 e. The van der Waals surface area contributed by atoms with Gasteiger partial charge in [0.05, 0.1) is 12.2 Å². The first kappa shape index (κ1) is 13.6. The maximum atomic E-state index is 5.97. The minimum absolute atomic E-state index is 0.333. The lowest BCUT2D eigenvalue weighted by molar-refractivity contribution is 0.0829. The second kappa shape index (κ2) is 5.41. The van der Waals surface area contributed by atoms with E-state index in [9.17, 15) is 0 Å². The number of rotatable bonds is 4. The summed E-state index contributed by atoms with van der Waals surface area (Å²) in [5.41, 5.74) is 7.75. The molecule has 2 rings (SSSR count). The van der Waals surface area contributed by atoms with Gasteiger partial charge in [-0.1, -0.05) is 20.3 Å². The van der Waals surface area contributed by atoms with Crippen molar-refractivity contribution >= 4 is 0 Å². The SMILES string of the molecule is CCC1(C)CCN(C(CN)c2cnn(C)c2)CC1. The largest absolute Gasteiger partial charge is 0.329 e. The molecule has 4 nitrogen and oxygen atoms in total. The van der Waals surface area contributed by atoms with E-state index in [0.29, 0.717) is 18.0 Å². The first-order valence-corrected chi connectivity index (χ1v) is 7.00. The predicted molar refractivity (Wildman–Crippen MR) is 74.2 cm³/mol. The van der Waals surface area contributed by atoms with Gasteiger partial charge in [0.2, 0.25) is 0 Å². The molecule has 4 heteroatoms. The van der Waals surface area contributed by atoms with Gasteiger partial charge in [0, 0.05) is 25.4 Å². The van der Waals surface area contributed by atoms with E-state index in [4.69, 9.17) is 5.73 Å². The lowest BCUT2D eigenvalue weighted by Gasteiger charge is -2.42. The molecule has 0 bridgehead atoms. The Hall–Kier alpha value is -0.870. The van der Waals surface area contributed by atoms with E-state index >= 15 is 0 Å². The molecule has 1 aliphatic heterocycles. The van der Waals surface area contributed by atoms with E-state index in [2.05, 4.69) is 30.0 Å². The summed E-state index contributed by atoms with van der Waals surface area (Å²) >= 11 is 0. The Kier molecular flexibility index (Phi) is 4.07. The van der Waals surface area contributed by atoms with Crippen LogP contribution >= 0.6 is 0 Å². The molecule has 1 aromatic rings. The highest BCUT2D eigenvalue weighted by Gasteiger charge is 2.31. The number of piperidine rings is 1. The third kappa shape index (κ3) is 2.75. The van der Waals surface area contributed by atoms with Crippen LogP contribution in [0.4, 0.5) is 0 Å². The van der Waals surface area contributed by atoms with Crippen LogP contribution in [0.2, 0.25) is 0 Å². The van der Waals surface area contributed by atoms with Gasteiger partial charge in [0.1, 0.15) is 0 Å². The fraction of sp³-hybridized carbons (Fsp3) is 0.786. The molecule has 0 saturated carbocycles. The standard InChI is InChI=1S/C14H26N4/c1-4-14(2)5-7-18(8-6-14)13(9-15)12-10-16-17(3)11-12/h10-11,13H,4-9,15H2,1-3H3. The Morgan fingerprint density at radius 1 is 1.44 bits per heavy atom. The molecule has 102 valence electrons. The Bertz CT molecular complexity index is 377. The maximum absolute atomic E-state index is 5.97. The second-order valence-electron chi connectivity index (χ2n) is 5.90. The van der Waals surface area contributed by atoms with Crippen molar-refractivity contribution in [1.29, 1.82) is 0 Å². The molecule has 0 aromatic carbocycles. The van der Waals surface area contributed by atoms with Crippen LogP contribution in [-0.4, -0.2) is 34.3 Å². The van der Waals surface area contributed by atoms with Crippen molar-refractivity contribution in [3.05, 3.63) is 18.0 Å². The number of likely N-dealkylation sites (tertiary alicyclic amines) is 1. The summed E-state index contributed by atoms with van der Waals surface area (Å²) in [6.45, 7) is 7.69. The molecule has 2 heterocycles. The topological polar surface area (TPSA) is 47.1 Å². The second-order valence-corrected chi connectivity index (χ2v) is 5.90. The molecule has 1 aromatic heterocycles. The van der Waals surface area contributed by atoms with Crippen LogP contribution < -0.4 is 5.73 Å². The minimum atomic E-state index is 0.333. The van der Waals surface area contributed by atoms with Gasteiger partial charge in [-0.2, -0.15) is 5.10 Å². The smallest absolute Gasteiger partial charge is 0.0538 e. The molecule has 2 N–H and O–H groups in total. The van der Waals surface area contributed by atoms with E-state index < -0.39 is 0 Å². The Morgan fingerprint density at radius 3 is 2.56 bits per heavy atom. The summed E-state index contributed by atoms with van der Waals surface area (Å²) in [5.74, 6) is 0. The molecule has 1 unspecified atom stereocenters. The number of aryl methyl sites for hydroxylation is 1. The van der Waals surface area contributed by atoms with Crippen molar-refractivity contribution in [2.45, 2.75) is 39.2 Å². The zero-order chi connectivity index (χ0) is 13.2. The maximum Gasteiger partial charge on any atom is 0.0538 e. The Labute approximate surface area is 110 Å². The van der Waals surface area contributed by atoms with Crippen LogP contribution in [-0.2, 0) is 7.05 Å². The van der Waals surface area contributed by atoms with E-state index in [1.54, 1.807) is 0 Å². The summed E-state index contributed by atoms with van der Waals surface area (Å²) in [7, 11) is 1.96. The highest BCUT2D eigenvalue weighted by molar-refractivity contribution is 5.11. The van der Waals surface area contributed by atoms with Gasteiger partial charge < -0.3 is 5.73 Å². The summed E-state index contributed by atoms with van der Waals surface area (Å²) < 4.78 is 1.86. The van der Waals surface area contributed by atoms with Gasteiger partial charge in [-0.25, -0.2) is 0 Å². The molecular weight excluding hydrogens is 224 g/mol. The van der Waals surface area contributed by atoms with Crippen LogP contribution in [0.15, 0.2) is 12.4 Å². The van der Waals surface area contributed by atoms with Gasteiger partial charge in [0.15, 0.2) is 0 Å². The van der Waals surface area contributed by atoms with Gasteiger partial charge in [-0.05, 0) is 31.3 Å². The van der Waals surface area contributed by atoms with Crippen molar-refractivity contribution in [1.82, 2.24) is 14.7 Å². The highest BCUT2D eigenvalue weighted by atomic mass is 15.3. The molecule has 0 spiro atoms. The van der Waals surface area contributed by atoms with Gasteiger partial charge in [-0.15, -0.1) is 0 Å². The van der Waals surface area contributed by atoms with E-state index in [1.165, 1.54) is 24.8 Å². The number of hydrogen-bond acceptors (Lipinski definition) is 3. The van der Waals surface area contributed by atoms with Crippen LogP contribution in [0, 0.1) is 5.41 Å². The molecule has 0 radical (unpaired) electrons. The molecule has 18 heavy (non-hydrogen) atoms. The van der Waals surface area contributed by atoms with Crippen LogP contribution in [0.5, 0.6) is 0 Å². The molecule has 1 atom stereocenters. The van der Waals surface area contributed by atoms with Crippen LogP contribution in [0.3, 0.4) is 0 Å². The summed E-state index contributed by atoms with van der Waals surface area (Å²) in [4.78, 5) is 2.52. The number of nitrogens with two attached hydrogens (primary N) is 1. The third-order valence-corrected chi connectivity index (χ3v) is 4.63. The fourth-order valence-corrected chi connectivity index (χ4v) is 2.84. The molecule has 0 amide bonds. The molecule has 1 fully saturated rings. The fourth-order valence-electron chi connectivity index (χ4n) is 2.84. The van der Waals surface area contributed by atoms with Crippen LogP contribution in [0.25, 0.3) is 0 Å². The Morgan fingerprint density at radius 2 is 2.11 bits per heavy atom. The zero-order valence-corrected chi connectivity index (χ0v) is 11.9. The summed E-state index contributed by atoms with van der Waals surface area (Å²) in [5, 5.41) is 4.26. The van der Waals surface area contributed by atoms with E-state index in [0.717, 1.165) is 13.1 Å². The zero-order valence-electron chi connectivity index (χ0n) is 11.9. The average molecular weight is 250 g/mol. The molecule has 0 aliphatic carbocycles. The third-order valence-electron chi connectivity index (χ3n) is 4.63. The van der Waals surface area contributed by atoms with Crippen LogP contribution in [0.1, 0.15) is 44.7 Å². The summed E-state index contributed by atoms with van der Waals surface area (Å²) in [6, 6.07) is 0.333. The number of aromatic nitrogens is 2. The van der Waals surface area contributed by atoms with Crippen molar-refractivity contribution in [2.75, 3.05) is 19.6 Å². The first-order valence-electron chi connectivity index (χ1n) is 7.00. The summed E-state index contributed by atoms with van der Waals surface area (Å²) in [6.07, 6.45) is 7.87. The monoisotopic (exact) mass is 250 g/mol. The van der Waals surface area contributed by atoms with E-state index in [1.807, 2.05) is 17.9 Å². The first-order chi connectivity index (χ1) is 8.58. The molecular formula is C14H26N4. The average Bonchev–Trinajstić information content (AvgIpc) is 2.79. The highest BCUT2D eigenvalue weighted by Crippen LogP contribution is 2.36. The quantitative estimate of drug-likeness (QED) is 0.888. The molecule has 1 saturated heterocycles. The van der Waals surface area contributed by atoms with E-state index in [-0.39, 0.29) is 0 Å². The van der Waals surface area contributed by atoms with Gasteiger partial charge in [0.25, 0.3) is 0 Å². The Balaban J connectivity index is 2.03. The number of nitrogens with zero attached hydrogens (tertiary/aromatic N) is 3. The van der Waals surface area contributed by atoms with Gasteiger partial charge >= 0.3 is 0 Å². The lowest BCUT2D eigenvalue weighted by Crippen LogP contribution is -2.42. The van der Waals surface area contributed by atoms with Crippen molar-refractivity contribution < 1.29 is 0 Å². The lowest BCUT2D eigenvalue weighted by atomic mass is 9.78. The molecule has 1 aliphatic rings. The van der Waals surface area contributed by atoms with Gasteiger partial charge in [-0.3, -0.25) is 9.58 Å². The predicted octanol–water partition coefficient (Wildman–Crippen LogP) is 1.93. The van der Waals surface area contributed by atoms with Crippen molar-refractivity contribution in [3.63, 3.8) is 0 Å². The van der Waals surface area contributed by atoms with Crippen molar-refractivity contribution in [3.8, 4) is 0 Å². The van der Waals surface area contributed by atoms with Crippen molar-refractivity contribution in [2.24, 2.45) is 18.2 Å². The number of hydrogen-bond donors (Lipinski definition) is 1. The normalized spacial score (nSPS) is 22.0.